The molecule has 12 heteroatoms. The van der Waals surface area contributed by atoms with Crippen LogP contribution in [0.2, 0.25) is 0 Å². The quantitative estimate of drug-likeness (QED) is 0.108. The largest absolute Gasteiger partial charge is 0.273 e. The standard InChI is InChI=1S/C27H46BN4O5PS/c1-3-32-25(35)19-24(27(32)37)39-18-10-12-20(33)11-5-4-8-16-31(2)17-9-15-23(34)21-13-6-7-14-22(21)26(36)29-28-30-38/h21-22,24H,3-19,38H2,1-2H3,(H,29,36)/t21-,22+,24?/m0/s1. The number of unbranched alkanes of at least 4 members (excludes halogenated alkanes) is 2. The molecule has 1 heterocycles. The van der Waals surface area contributed by atoms with Gasteiger partial charge in [0.1, 0.15) is 5.78 Å². The molecule has 1 saturated carbocycles. The molecule has 2 fully saturated rings. The van der Waals surface area contributed by atoms with Crippen molar-refractivity contribution in [1.82, 2.24) is 15.0 Å². The normalized spacial score (nSPS) is 21.5. The second-order valence-corrected chi connectivity index (χ2v) is 12.3. The van der Waals surface area contributed by atoms with Crippen LogP contribution >= 0.6 is 21.2 Å². The number of thioether (sulfide) groups is 1. The number of Topliss-reactive ketones (excluding diaryl/α,β-unsaturated/α-hetero) is 2. The van der Waals surface area contributed by atoms with Gasteiger partial charge in [-0.05, 0) is 25.5 Å². The first-order valence-electron chi connectivity index (χ1n) is 14.5. The maximum Gasteiger partial charge on any atom is 0.242 e. The molecule has 0 aromatic heterocycles. The van der Waals surface area contributed by atoms with Gasteiger partial charge in [0.2, 0.25) is 11.8 Å². The molecule has 39 heavy (non-hydrogen) atoms. The summed E-state index contributed by atoms with van der Waals surface area (Å²) in [5.74, 6) is 0.484. The van der Waals surface area contributed by atoms with Crippen LogP contribution < -0.4 is 5.23 Å². The molecule has 2 unspecified atom stereocenters. The molecule has 0 bridgehead atoms. The van der Waals surface area contributed by atoms with E-state index in [1.54, 1.807) is 0 Å². The summed E-state index contributed by atoms with van der Waals surface area (Å²) in [4.78, 5) is 64.9. The first-order valence-corrected chi connectivity index (χ1v) is 16.1. The smallest absolute Gasteiger partial charge is 0.242 e. The van der Waals surface area contributed by atoms with Crippen LogP contribution in [-0.4, -0.2) is 84.0 Å². The summed E-state index contributed by atoms with van der Waals surface area (Å²) in [5, 5.41) is 2.39. The Kier molecular flexibility index (Phi) is 16.3. The van der Waals surface area contributed by atoms with Crippen molar-refractivity contribution >= 4 is 57.6 Å². The molecule has 2 rings (SSSR count). The average Bonchev–Trinajstić information content (AvgIpc) is 3.20. The minimum absolute atomic E-state index is 0.0877. The Bertz CT molecular complexity index is 877. The fourth-order valence-corrected chi connectivity index (χ4v) is 6.67. The number of carbonyl (C=O) groups is 5. The molecule has 1 N–H and O–H groups in total. The third kappa shape index (κ3) is 11.9. The Morgan fingerprint density at radius 1 is 1.03 bits per heavy atom. The SMILES string of the molecule is CCN1C(=O)CC(SCCCC(=O)CCCCCN(C)CCCC(=O)[C@H]2CCCC[C@H]2C(=O)NB=NP)C1=O. The van der Waals surface area contributed by atoms with Gasteiger partial charge in [0.05, 0.1) is 5.25 Å². The molecule has 9 nitrogen and oxygen atoms in total. The van der Waals surface area contributed by atoms with Gasteiger partial charge in [0.25, 0.3) is 0 Å². The number of hydrogen-bond acceptors (Lipinski definition) is 8. The van der Waals surface area contributed by atoms with E-state index in [0.29, 0.717) is 25.8 Å². The summed E-state index contributed by atoms with van der Waals surface area (Å²) in [6.45, 7) is 4.02. The summed E-state index contributed by atoms with van der Waals surface area (Å²) in [5.41, 5.74) is 0. The maximum atomic E-state index is 12.8. The Morgan fingerprint density at radius 3 is 2.41 bits per heavy atom. The van der Waals surface area contributed by atoms with Gasteiger partial charge in [-0.2, -0.15) is 0 Å². The molecule has 1 aliphatic heterocycles. The fraction of sp³-hybridized carbons (Fsp3) is 0.815. The molecular formula is C27H46BN4O5PS. The predicted molar refractivity (Wildman–Crippen MR) is 159 cm³/mol. The number of nitrogens with zero attached hydrogens (tertiary/aromatic N) is 3. The fourth-order valence-electron chi connectivity index (χ4n) is 5.47. The number of carbonyl (C=O) groups excluding carboxylic acids is 5. The number of amides is 3. The second kappa shape index (κ2) is 18.8. The van der Waals surface area contributed by atoms with Gasteiger partial charge in [-0.15, -0.1) is 11.8 Å². The predicted octanol–water partition coefficient (Wildman–Crippen LogP) is 3.57. The van der Waals surface area contributed by atoms with E-state index in [0.717, 1.165) is 76.6 Å². The number of rotatable bonds is 19. The van der Waals surface area contributed by atoms with Gasteiger partial charge in [0, 0.05) is 25.8 Å². The minimum atomic E-state index is -0.279. The zero-order valence-electron chi connectivity index (χ0n) is 23.7. The number of likely N-dealkylation sites (tertiary alicyclic amines) is 1. The molecular weight excluding hydrogens is 534 g/mol. The van der Waals surface area contributed by atoms with Gasteiger partial charge in [-0.3, -0.25) is 19.3 Å². The molecule has 0 spiro atoms. The monoisotopic (exact) mass is 580 g/mol. The minimum Gasteiger partial charge on any atom is -0.273 e. The zero-order valence-corrected chi connectivity index (χ0v) is 25.7. The summed E-state index contributed by atoms with van der Waals surface area (Å²) in [6.07, 6.45) is 9.87. The van der Waals surface area contributed by atoms with E-state index in [1.165, 1.54) is 23.9 Å². The third-order valence-electron chi connectivity index (χ3n) is 7.69. The average molecular weight is 581 g/mol. The summed E-state index contributed by atoms with van der Waals surface area (Å²) in [7, 11) is 5.61. The molecule has 0 radical (unpaired) electrons. The van der Waals surface area contributed by atoms with E-state index in [4.69, 9.17) is 0 Å². The number of ketones is 2. The van der Waals surface area contributed by atoms with Gasteiger partial charge >= 0.3 is 136 Å². The molecule has 3 amide bonds. The van der Waals surface area contributed by atoms with E-state index < -0.39 is 0 Å². The first-order chi connectivity index (χ1) is 18.8. The first kappa shape index (κ1) is 33.8. The van der Waals surface area contributed by atoms with Crippen molar-refractivity contribution in [2.75, 3.05) is 32.4 Å². The van der Waals surface area contributed by atoms with Crippen molar-refractivity contribution in [1.29, 1.82) is 0 Å². The van der Waals surface area contributed by atoms with Crippen molar-refractivity contribution in [3.05, 3.63) is 0 Å². The van der Waals surface area contributed by atoms with Crippen LogP contribution in [0.15, 0.2) is 4.67 Å². The van der Waals surface area contributed by atoms with E-state index in [2.05, 4.69) is 31.2 Å². The summed E-state index contributed by atoms with van der Waals surface area (Å²) in [6, 6.07) is 0. The van der Waals surface area contributed by atoms with E-state index in [9.17, 15) is 24.0 Å². The Morgan fingerprint density at radius 2 is 1.72 bits per heavy atom. The van der Waals surface area contributed by atoms with Crippen LogP contribution in [-0.2, 0) is 24.0 Å². The number of nitrogens with one attached hydrogen (secondary N) is 1. The van der Waals surface area contributed by atoms with Crippen molar-refractivity contribution in [3.63, 3.8) is 0 Å². The van der Waals surface area contributed by atoms with Crippen molar-refractivity contribution in [2.45, 2.75) is 95.6 Å². The molecule has 0 aromatic rings. The molecule has 4 atom stereocenters. The number of imide groups is 1. The molecule has 2 aliphatic rings. The topological polar surface area (TPSA) is 116 Å². The van der Waals surface area contributed by atoms with E-state index in [1.807, 2.05) is 6.92 Å². The molecule has 218 valence electrons. The van der Waals surface area contributed by atoms with Crippen LogP contribution in [0.3, 0.4) is 0 Å². The summed E-state index contributed by atoms with van der Waals surface area (Å²) >= 11 is 1.50. The third-order valence-corrected chi connectivity index (χ3v) is 9.14. The molecule has 1 aliphatic carbocycles. The Hall–Kier alpha value is -1.45. The van der Waals surface area contributed by atoms with Gasteiger partial charge in [0.15, 0.2) is 0 Å². The van der Waals surface area contributed by atoms with Crippen LogP contribution in [0.4, 0.5) is 0 Å². The Labute approximate surface area is 241 Å². The molecule has 1 saturated heterocycles. The maximum absolute atomic E-state index is 12.8. The Balaban J connectivity index is 1.50. The van der Waals surface area contributed by atoms with E-state index >= 15 is 0 Å². The van der Waals surface area contributed by atoms with Crippen molar-refractivity contribution < 1.29 is 24.0 Å². The van der Waals surface area contributed by atoms with Crippen LogP contribution in [0, 0.1) is 11.8 Å². The van der Waals surface area contributed by atoms with E-state index in [-0.39, 0.29) is 52.8 Å². The van der Waals surface area contributed by atoms with Gasteiger partial charge in [-0.1, -0.05) is 0 Å². The van der Waals surface area contributed by atoms with Crippen LogP contribution in [0.5, 0.6) is 0 Å². The summed E-state index contributed by atoms with van der Waals surface area (Å²) < 4.78 is 3.72. The number of hydrogen-bond donors (Lipinski definition) is 1. The van der Waals surface area contributed by atoms with Crippen LogP contribution in [0.25, 0.3) is 0 Å². The van der Waals surface area contributed by atoms with Gasteiger partial charge in [-0.25, -0.2) is 0 Å². The zero-order chi connectivity index (χ0) is 28.6. The molecule has 0 aromatic carbocycles. The van der Waals surface area contributed by atoms with Crippen molar-refractivity contribution in [3.8, 4) is 0 Å². The second-order valence-electron chi connectivity index (χ2n) is 10.7. The van der Waals surface area contributed by atoms with Crippen molar-refractivity contribution in [2.24, 2.45) is 16.5 Å². The van der Waals surface area contributed by atoms with Crippen LogP contribution in [0.1, 0.15) is 90.4 Å². The van der Waals surface area contributed by atoms with Gasteiger partial charge < -0.3 is 0 Å².